The van der Waals surface area contributed by atoms with E-state index in [1.54, 1.807) is 18.2 Å². The average Bonchev–Trinajstić information content (AvgIpc) is 3.20. The molecule has 3 aromatic carbocycles. The maximum absolute atomic E-state index is 10.4. The van der Waals surface area contributed by atoms with Crippen molar-refractivity contribution in [2.45, 2.75) is 6.10 Å². The average molecular weight is 403 g/mol. The van der Waals surface area contributed by atoms with Crippen LogP contribution in [0, 0.1) is 0 Å². The number of aromatic hydroxyl groups is 1. The number of benzene rings is 3. The molecule has 0 aliphatic carbocycles. The van der Waals surface area contributed by atoms with Crippen LogP contribution in [-0.4, -0.2) is 44.5 Å². The van der Waals surface area contributed by atoms with Crippen molar-refractivity contribution in [3.05, 3.63) is 78.9 Å². The minimum absolute atomic E-state index is 0.0213. The van der Waals surface area contributed by atoms with Crippen LogP contribution in [0.4, 0.5) is 0 Å². The Morgan fingerprint density at radius 1 is 0.900 bits per heavy atom. The molecule has 0 aliphatic heterocycles. The lowest BCUT2D eigenvalue weighted by Crippen LogP contribution is -2.25. The van der Waals surface area contributed by atoms with Gasteiger partial charge in [-0.1, -0.05) is 36.9 Å². The summed E-state index contributed by atoms with van der Waals surface area (Å²) in [5.41, 5.74) is 2.90. The Balaban J connectivity index is 1.34. The second-order valence-corrected chi connectivity index (χ2v) is 6.68. The van der Waals surface area contributed by atoms with Crippen LogP contribution in [0.5, 0.6) is 17.2 Å². The first-order valence-corrected chi connectivity index (χ1v) is 9.44. The summed E-state index contributed by atoms with van der Waals surface area (Å²) in [5.74, 6) is 1.05. The summed E-state index contributed by atoms with van der Waals surface area (Å²) in [6.07, 6.45) is 0.918. The summed E-state index contributed by atoms with van der Waals surface area (Å²) in [6.45, 7) is 3.81. The first-order chi connectivity index (χ1) is 14.6. The lowest BCUT2D eigenvalue weighted by atomic mass is 10.2. The van der Waals surface area contributed by atoms with Crippen LogP contribution in [-0.2, 0) is 0 Å². The summed E-state index contributed by atoms with van der Waals surface area (Å²) in [6, 6.07) is 19.7. The van der Waals surface area contributed by atoms with Gasteiger partial charge in [0.15, 0.2) is 0 Å². The second-order valence-electron chi connectivity index (χ2n) is 6.68. The molecule has 7 nitrogen and oxygen atoms in total. The largest absolute Gasteiger partial charge is 0.505 e. The van der Waals surface area contributed by atoms with Gasteiger partial charge in [-0.25, -0.2) is 0 Å². The van der Waals surface area contributed by atoms with Gasteiger partial charge in [0.05, 0.1) is 0 Å². The van der Waals surface area contributed by atoms with E-state index in [2.05, 4.69) is 16.8 Å². The van der Waals surface area contributed by atoms with Gasteiger partial charge in [-0.2, -0.15) is 0 Å². The Morgan fingerprint density at radius 2 is 1.50 bits per heavy atom. The molecule has 7 heteroatoms. The molecule has 0 bridgehead atoms. The molecule has 0 aliphatic rings. The number of aromatic nitrogens is 3. The summed E-state index contributed by atoms with van der Waals surface area (Å²) in [4.78, 5) is 1.38. The highest BCUT2D eigenvalue weighted by Crippen LogP contribution is 2.27. The number of ether oxygens (including phenoxy) is 2. The van der Waals surface area contributed by atoms with Crippen LogP contribution in [0.1, 0.15) is 5.56 Å². The fourth-order valence-corrected chi connectivity index (χ4v) is 2.86. The molecule has 0 radical (unpaired) electrons. The van der Waals surface area contributed by atoms with Crippen LogP contribution in [0.15, 0.2) is 73.3 Å². The number of fused-ring (bicyclic) bond motifs is 1. The molecule has 4 rings (SSSR count). The molecule has 4 aromatic rings. The molecule has 0 fully saturated rings. The normalized spacial score (nSPS) is 11.9. The molecule has 1 aromatic heterocycles. The molecule has 1 unspecified atom stereocenters. The zero-order chi connectivity index (χ0) is 20.9. The number of hydrogen-bond donors (Lipinski definition) is 2. The van der Waals surface area contributed by atoms with E-state index in [0.717, 1.165) is 16.6 Å². The SMILES string of the molecule is C=Cc1ccc(OCC(O)COc2ccc(-n3nc4ccccc4n3)c(O)c2)cc1. The van der Waals surface area contributed by atoms with Gasteiger partial charge in [-0.3, -0.25) is 0 Å². The minimum atomic E-state index is -0.830. The highest BCUT2D eigenvalue weighted by Gasteiger charge is 2.11. The Hall–Kier alpha value is -3.84. The first-order valence-electron chi connectivity index (χ1n) is 9.44. The van der Waals surface area contributed by atoms with Gasteiger partial charge < -0.3 is 19.7 Å². The van der Waals surface area contributed by atoms with E-state index >= 15 is 0 Å². The van der Waals surface area contributed by atoms with Gasteiger partial charge in [0, 0.05) is 6.07 Å². The summed E-state index contributed by atoms with van der Waals surface area (Å²) in [7, 11) is 0. The Morgan fingerprint density at radius 3 is 2.10 bits per heavy atom. The van der Waals surface area contributed by atoms with E-state index in [-0.39, 0.29) is 19.0 Å². The van der Waals surface area contributed by atoms with Gasteiger partial charge in [0.2, 0.25) is 0 Å². The number of aliphatic hydroxyl groups excluding tert-OH is 1. The maximum Gasteiger partial charge on any atom is 0.146 e. The second kappa shape index (κ2) is 8.67. The third-order valence-electron chi connectivity index (χ3n) is 4.45. The third kappa shape index (κ3) is 4.42. The fourth-order valence-electron chi connectivity index (χ4n) is 2.86. The predicted octanol–water partition coefficient (Wildman–Crippen LogP) is 3.59. The molecule has 1 heterocycles. The monoisotopic (exact) mass is 403 g/mol. The Bertz CT molecular complexity index is 1120. The lowest BCUT2D eigenvalue weighted by molar-refractivity contribution is 0.0625. The van der Waals surface area contributed by atoms with E-state index in [1.165, 1.54) is 10.9 Å². The van der Waals surface area contributed by atoms with Crippen LogP contribution >= 0.6 is 0 Å². The number of phenolic OH excluding ortho intramolecular Hbond substituents is 1. The van der Waals surface area contributed by atoms with Crippen molar-refractivity contribution in [2.75, 3.05) is 13.2 Å². The summed E-state index contributed by atoms with van der Waals surface area (Å²) in [5, 5.41) is 29.2. The van der Waals surface area contributed by atoms with Crippen molar-refractivity contribution in [1.82, 2.24) is 15.0 Å². The van der Waals surface area contributed by atoms with Gasteiger partial charge in [0.25, 0.3) is 0 Å². The number of nitrogens with zero attached hydrogens (tertiary/aromatic N) is 3. The minimum Gasteiger partial charge on any atom is -0.505 e. The van der Waals surface area contributed by atoms with Crippen molar-refractivity contribution in [3.8, 4) is 22.9 Å². The van der Waals surface area contributed by atoms with E-state index < -0.39 is 6.10 Å². The van der Waals surface area contributed by atoms with Gasteiger partial charge in [-0.05, 0) is 42.0 Å². The van der Waals surface area contributed by atoms with E-state index in [9.17, 15) is 10.2 Å². The molecular weight excluding hydrogens is 382 g/mol. The highest BCUT2D eigenvalue weighted by molar-refractivity contribution is 5.73. The quantitative estimate of drug-likeness (QED) is 0.467. The topological polar surface area (TPSA) is 89.6 Å². The molecule has 1 atom stereocenters. The van der Waals surface area contributed by atoms with Crippen LogP contribution in [0.25, 0.3) is 22.8 Å². The summed E-state index contributed by atoms with van der Waals surface area (Å²) < 4.78 is 11.1. The van der Waals surface area contributed by atoms with Crippen LogP contribution in [0.3, 0.4) is 0 Å². The van der Waals surface area contributed by atoms with E-state index in [1.807, 2.05) is 48.5 Å². The van der Waals surface area contributed by atoms with Gasteiger partial charge >= 0.3 is 0 Å². The first kappa shape index (κ1) is 19.5. The Kier molecular flexibility index (Phi) is 5.63. The van der Waals surface area contributed by atoms with Crippen molar-refractivity contribution < 1.29 is 19.7 Å². The zero-order valence-electron chi connectivity index (χ0n) is 16.2. The summed E-state index contributed by atoms with van der Waals surface area (Å²) >= 11 is 0. The van der Waals surface area contributed by atoms with Gasteiger partial charge in [0.1, 0.15) is 53.3 Å². The Labute approximate surface area is 173 Å². The van der Waals surface area contributed by atoms with Crippen molar-refractivity contribution in [2.24, 2.45) is 0 Å². The number of phenols is 1. The third-order valence-corrected chi connectivity index (χ3v) is 4.45. The molecule has 2 N–H and O–H groups in total. The van der Waals surface area contributed by atoms with E-state index in [0.29, 0.717) is 17.2 Å². The standard InChI is InChI=1S/C23H21N3O4/c1-2-16-7-9-18(10-8-16)29-14-17(27)15-30-19-11-12-22(23(28)13-19)26-24-20-5-3-4-6-21(20)25-26/h2-13,17,27-28H,1,14-15H2. The molecule has 0 amide bonds. The predicted molar refractivity (Wildman–Crippen MR) is 114 cm³/mol. The smallest absolute Gasteiger partial charge is 0.146 e. The van der Waals surface area contributed by atoms with E-state index in [4.69, 9.17) is 9.47 Å². The molecule has 0 saturated heterocycles. The maximum atomic E-state index is 10.4. The molecule has 0 saturated carbocycles. The fraction of sp³-hybridized carbons (Fsp3) is 0.130. The molecule has 30 heavy (non-hydrogen) atoms. The number of rotatable bonds is 8. The zero-order valence-corrected chi connectivity index (χ0v) is 16.2. The molecular formula is C23H21N3O4. The van der Waals surface area contributed by atoms with Gasteiger partial charge in [-0.15, -0.1) is 15.0 Å². The number of hydrogen-bond acceptors (Lipinski definition) is 6. The highest BCUT2D eigenvalue weighted by atomic mass is 16.5. The molecule has 152 valence electrons. The van der Waals surface area contributed by atoms with Crippen LogP contribution in [0.2, 0.25) is 0 Å². The van der Waals surface area contributed by atoms with Crippen molar-refractivity contribution >= 4 is 17.1 Å². The lowest BCUT2D eigenvalue weighted by Gasteiger charge is -2.14. The van der Waals surface area contributed by atoms with Crippen molar-refractivity contribution in [3.63, 3.8) is 0 Å². The van der Waals surface area contributed by atoms with Crippen molar-refractivity contribution in [1.29, 1.82) is 0 Å². The van der Waals surface area contributed by atoms with Crippen LogP contribution < -0.4 is 9.47 Å². The molecule has 0 spiro atoms. The number of aliphatic hydroxyl groups is 1.